The van der Waals surface area contributed by atoms with E-state index >= 15 is 0 Å². The number of benzene rings is 2. The lowest BCUT2D eigenvalue weighted by Crippen LogP contribution is -2.45. The predicted octanol–water partition coefficient (Wildman–Crippen LogP) is 4.80. The van der Waals surface area contributed by atoms with E-state index in [0.29, 0.717) is 6.54 Å². The highest BCUT2D eigenvalue weighted by Gasteiger charge is 2.32. The molecule has 0 radical (unpaired) electrons. The Labute approximate surface area is 206 Å². The second-order valence-corrected chi connectivity index (χ2v) is 10.4. The highest BCUT2D eigenvalue weighted by atomic mass is 32.1. The fourth-order valence-corrected chi connectivity index (χ4v) is 6.27. The van der Waals surface area contributed by atoms with Gasteiger partial charge in [-0.25, -0.2) is 4.98 Å². The number of fused-ring (bicyclic) bond motifs is 1. The molecule has 1 fully saturated rings. The molecule has 0 spiro atoms. The Hall–Kier alpha value is -2.54. The molecule has 1 aliphatic carbocycles. The van der Waals surface area contributed by atoms with Gasteiger partial charge in [-0.15, -0.1) is 11.3 Å². The van der Waals surface area contributed by atoms with Crippen LogP contribution in [-0.4, -0.2) is 53.4 Å². The summed E-state index contributed by atoms with van der Waals surface area (Å²) >= 11 is 1.73. The summed E-state index contributed by atoms with van der Waals surface area (Å²) in [5.41, 5.74) is 3.57. The number of hydrogen-bond donors (Lipinski definition) is 1. The monoisotopic (exact) mass is 474 g/mol. The molecule has 34 heavy (non-hydrogen) atoms. The molecule has 5 nitrogen and oxygen atoms in total. The molecule has 5 rings (SSSR count). The van der Waals surface area contributed by atoms with E-state index in [4.69, 9.17) is 4.98 Å². The van der Waals surface area contributed by atoms with Gasteiger partial charge in [0.15, 0.2) is 0 Å². The fourth-order valence-electron chi connectivity index (χ4n) is 5.13. The van der Waals surface area contributed by atoms with Gasteiger partial charge in [-0.3, -0.25) is 9.69 Å². The molecule has 1 aliphatic heterocycles. The minimum atomic E-state index is -0.0696. The standard InChI is InChI=1S/C28H34N4OS/c1-2-31-15-17-32(18-16-31)20-22-10-4-3-9-21(22)19-29-27(33)23-11-5-6-12-24(23)28-30-25-13-7-8-14-26(25)34-28/h3-10,13-14,23-24H,2,11-12,15-20H2,1H3,(H,29,33). The van der Waals surface area contributed by atoms with Crippen LogP contribution in [0.15, 0.2) is 60.7 Å². The Morgan fingerprint density at radius 3 is 2.47 bits per heavy atom. The summed E-state index contributed by atoms with van der Waals surface area (Å²) in [4.78, 5) is 23.3. The molecule has 1 amide bonds. The van der Waals surface area contributed by atoms with Gasteiger partial charge in [0.1, 0.15) is 0 Å². The van der Waals surface area contributed by atoms with Gasteiger partial charge in [-0.2, -0.15) is 0 Å². The van der Waals surface area contributed by atoms with Crippen LogP contribution in [0.5, 0.6) is 0 Å². The van der Waals surface area contributed by atoms with Gasteiger partial charge in [0.05, 0.1) is 21.1 Å². The summed E-state index contributed by atoms with van der Waals surface area (Å²) in [5, 5.41) is 4.35. The number of nitrogens with zero attached hydrogens (tertiary/aromatic N) is 3. The molecule has 1 N–H and O–H groups in total. The van der Waals surface area contributed by atoms with Crippen molar-refractivity contribution in [3.8, 4) is 0 Å². The maximum Gasteiger partial charge on any atom is 0.224 e. The largest absolute Gasteiger partial charge is 0.352 e. The third-order valence-corrected chi connectivity index (χ3v) is 8.44. The van der Waals surface area contributed by atoms with Crippen LogP contribution in [0.4, 0.5) is 0 Å². The Bertz CT molecular complexity index is 1120. The minimum absolute atomic E-state index is 0.0696. The lowest BCUT2D eigenvalue weighted by molar-refractivity contribution is -0.125. The number of amides is 1. The van der Waals surface area contributed by atoms with Crippen LogP contribution in [0.1, 0.15) is 41.8 Å². The van der Waals surface area contributed by atoms with Crippen molar-refractivity contribution in [2.75, 3.05) is 32.7 Å². The van der Waals surface area contributed by atoms with E-state index in [1.807, 2.05) is 6.07 Å². The first-order chi connectivity index (χ1) is 16.7. The third kappa shape index (κ3) is 5.24. The Kier molecular flexibility index (Phi) is 7.38. The van der Waals surface area contributed by atoms with Crippen molar-refractivity contribution >= 4 is 27.5 Å². The molecular weight excluding hydrogens is 440 g/mol. The van der Waals surface area contributed by atoms with Crippen molar-refractivity contribution in [3.05, 3.63) is 76.8 Å². The average Bonchev–Trinajstić information content (AvgIpc) is 3.33. The lowest BCUT2D eigenvalue weighted by Gasteiger charge is -2.34. The van der Waals surface area contributed by atoms with Gasteiger partial charge in [-0.05, 0) is 42.6 Å². The van der Waals surface area contributed by atoms with E-state index in [-0.39, 0.29) is 17.7 Å². The number of thiazole rings is 1. The van der Waals surface area contributed by atoms with Gasteiger partial charge >= 0.3 is 0 Å². The first kappa shape index (κ1) is 23.2. The molecule has 1 aromatic heterocycles. The zero-order valence-corrected chi connectivity index (χ0v) is 20.8. The van der Waals surface area contributed by atoms with Crippen LogP contribution in [0.2, 0.25) is 0 Å². The smallest absolute Gasteiger partial charge is 0.224 e. The quantitative estimate of drug-likeness (QED) is 0.500. The van der Waals surface area contributed by atoms with Crippen LogP contribution < -0.4 is 5.32 Å². The average molecular weight is 475 g/mol. The number of nitrogens with one attached hydrogen (secondary N) is 1. The molecule has 6 heteroatoms. The normalized spacial score (nSPS) is 21.7. The van der Waals surface area contributed by atoms with Crippen LogP contribution >= 0.6 is 11.3 Å². The van der Waals surface area contributed by atoms with Crippen LogP contribution in [-0.2, 0) is 17.9 Å². The predicted molar refractivity (Wildman–Crippen MR) is 140 cm³/mol. The van der Waals surface area contributed by atoms with Crippen molar-refractivity contribution in [2.24, 2.45) is 5.92 Å². The van der Waals surface area contributed by atoms with E-state index in [1.165, 1.54) is 15.8 Å². The maximum atomic E-state index is 13.4. The Balaban J connectivity index is 1.24. The molecular formula is C28H34N4OS. The van der Waals surface area contributed by atoms with Gasteiger partial charge in [-0.1, -0.05) is 55.5 Å². The molecule has 2 aliphatic rings. The molecule has 0 saturated carbocycles. The number of aromatic nitrogens is 1. The third-order valence-electron chi connectivity index (χ3n) is 7.27. The number of rotatable bonds is 7. The van der Waals surface area contributed by atoms with E-state index in [1.54, 1.807) is 11.3 Å². The number of carbonyl (C=O) groups is 1. The van der Waals surface area contributed by atoms with Gasteiger partial charge in [0.2, 0.25) is 5.91 Å². The molecule has 1 saturated heterocycles. The van der Waals surface area contributed by atoms with Crippen LogP contribution in [0.25, 0.3) is 10.2 Å². The Morgan fingerprint density at radius 1 is 0.971 bits per heavy atom. The molecule has 0 bridgehead atoms. The van der Waals surface area contributed by atoms with Crippen molar-refractivity contribution in [1.29, 1.82) is 0 Å². The zero-order chi connectivity index (χ0) is 23.3. The van der Waals surface area contributed by atoms with Crippen molar-refractivity contribution in [1.82, 2.24) is 20.1 Å². The van der Waals surface area contributed by atoms with Crippen LogP contribution in [0.3, 0.4) is 0 Å². The SMILES string of the molecule is CCN1CCN(Cc2ccccc2CNC(=O)C2CC=CCC2c2nc3ccccc3s2)CC1. The summed E-state index contributed by atoms with van der Waals surface area (Å²) in [6.07, 6.45) is 6.00. The van der Waals surface area contributed by atoms with E-state index < -0.39 is 0 Å². The Morgan fingerprint density at radius 2 is 1.68 bits per heavy atom. The van der Waals surface area contributed by atoms with E-state index in [0.717, 1.165) is 62.6 Å². The number of para-hydroxylation sites is 1. The highest BCUT2D eigenvalue weighted by Crippen LogP contribution is 2.38. The molecule has 3 aromatic rings. The first-order valence-electron chi connectivity index (χ1n) is 12.5. The summed E-state index contributed by atoms with van der Waals surface area (Å²) in [6, 6.07) is 16.8. The molecule has 2 unspecified atom stereocenters. The number of allylic oxidation sites excluding steroid dienone is 2. The van der Waals surface area contributed by atoms with Gasteiger partial charge in [0, 0.05) is 45.2 Å². The fraction of sp³-hybridized carbons (Fsp3) is 0.429. The van der Waals surface area contributed by atoms with E-state index in [2.05, 4.69) is 76.7 Å². The first-order valence-corrected chi connectivity index (χ1v) is 13.3. The maximum absolute atomic E-state index is 13.4. The molecule has 178 valence electrons. The van der Waals surface area contributed by atoms with Crippen LogP contribution in [0, 0.1) is 5.92 Å². The second-order valence-electron chi connectivity index (χ2n) is 9.37. The summed E-state index contributed by atoms with van der Waals surface area (Å²) in [5.74, 6) is 0.215. The summed E-state index contributed by atoms with van der Waals surface area (Å²) in [6.45, 7) is 9.37. The number of hydrogen-bond acceptors (Lipinski definition) is 5. The molecule has 2 heterocycles. The number of carbonyl (C=O) groups excluding carboxylic acids is 1. The van der Waals surface area contributed by atoms with E-state index in [9.17, 15) is 4.79 Å². The lowest BCUT2D eigenvalue weighted by atomic mass is 9.82. The number of likely N-dealkylation sites (N-methyl/N-ethyl adjacent to an activating group) is 1. The number of piperazine rings is 1. The zero-order valence-electron chi connectivity index (χ0n) is 20.0. The summed E-state index contributed by atoms with van der Waals surface area (Å²) < 4.78 is 1.19. The molecule has 2 aromatic carbocycles. The topological polar surface area (TPSA) is 48.5 Å². The van der Waals surface area contributed by atoms with Crippen molar-refractivity contribution in [2.45, 2.75) is 38.8 Å². The van der Waals surface area contributed by atoms with Crippen molar-refractivity contribution < 1.29 is 4.79 Å². The van der Waals surface area contributed by atoms with Gasteiger partial charge in [0.25, 0.3) is 0 Å². The second kappa shape index (κ2) is 10.8. The minimum Gasteiger partial charge on any atom is -0.352 e. The van der Waals surface area contributed by atoms with Gasteiger partial charge < -0.3 is 10.2 Å². The molecule has 2 atom stereocenters. The highest BCUT2D eigenvalue weighted by molar-refractivity contribution is 7.18. The van der Waals surface area contributed by atoms with Crippen molar-refractivity contribution in [3.63, 3.8) is 0 Å². The summed E-state index contributed by atoms with van der Waals surface area (Å²) in [7, 11) is 0.